The van der Waals surface area contributed by atoms with Gasteiger partial charge in [0.2, 0.25) is 0 Å². The van der Waals surface area contributed by atoms with Crippen LogP contribution in [-0.4, -0.2) is 21.9 Å². The molecule has 2 aromatic carbocycles. The molecule has 1 aliphatic rings. The normalized spacial score (nSPS) is 12.8. The number of aromatic nitrogens is 2. The van der Waals surface area contributed by atoms with Crippen molar-refractivity contribution in [2.75, 3.05) is 5.32 Å². The highest BCUT2D eigenvalue weighted by atomic mass is 16.1. The third-order valence-corrected chi connectivity index (χ3v) is 5.49. The van der Waals surface area contributed by atoms with E-state index in [-0.39, 0.29) is 17.2 Å². The van der Waals surface area contributed by atoms with Crippen LogP contribution in [0.1, 0.15) is 62.9 Å². The van der Waals surface area contributed by atoms with E-state index in [0.29, 0.717) is 23.2 Å². The average molecular weight is 401 g/mol. The molecule has 1 aromatic heterocycles. The zero-order valence-electron chi connectivity index (χ0n) is 16.8. The third kappa shape index (κ3) is 4.22. The number of amides is 1. The molecule has 1 heterocycles. The summed E-state index contributed by atoms with van der Waals surface area (Å²) in [4.78, 5) is 36.0. The number of rotatable bonds is 5. The molecule has 0 radical (unpaired) electrons. The molecule has 30 heavy (non-hydrogen) atoms. The Kier molecular flexibility index (Phi) is 5.57. The Morgan fingerprint density at radius 3 is 2.43 bits per heavy atom. The van der Waals surface area contributed by atoms with Crippen LogP contribution in [0, 0.1) is 0 Å². The maximum atomic E-state index is 12.5. The van der Waals surface area contributed by atoms with Crippen LogP contribution >= 0.6 is 0 Å². The van der Waals surface area contributed by atoms with E-state index in [1.54, 1.807) is 24.3 Å². The maximum absolute atomic E-state index is 12.5. The summed E-state index contributed by atoms with van der Waals surface area (Å²) in [6.07, 6.45) is 4.39. The molecule has 3 aromatic rings. The summed E-state index contributed by atoms with van der Waals surface area (Å²) in [7, 11) is 0. The minimum atomic E-state index is -0.234. The standard InChI is InChI=1S/C24H23N3O3/c1-15(28)17-9-11-18(12-10-17)23(29)25-19-6-4-5-16(13-19)14-22-20-7-2-3-8-21(20)24(30)27-26-22/h4-6,9-13H,2-3,7-8,14H2,1H3,(H,25,29)(H,27,30). The fourth-order valence-electron chi connectivity index (χ4n) is 3.89. The van der Waals surface area contributed by atoms with Crippen molar-refractivity contribution in [2.45, 2.75) is 39.0 Å². The average Bonchev–Trinajstić information content (AvgIpc) is 2.76. The molecule has 2 N–H and O–H groups in total. The number of hydrogen-bond donors (Lipinski definition) is 2. The number of Topliss-reactive ketones (excluding diaryl/α,β-unsaturated/α-hetero) is 1. The van der Waals surface area contributed by atoms with Crippen molar-refractivity contribution in [1.29, 1.82) is 0 Å². The van der Waals surface area contributed by atoms with E-state index >= 15 is 0 Å². The van der Waals surface area contributed by atoms with Crippen molar-refractivity contribution in [3.63, 3.8) is 0 Å². The van der Waals surface area contributed by atoms with Gasteiger partial charge in [-0.2, -0.15) is 5.10 Å². The van der Waals surface area contributed by atoms with Crippen molar-refractivity contribution >= 4 is 17.4 Å². The van der Waals surface area contributed by atoms with Crippen LogP contribution in [0.2, 0.25) is 0 Å². The van der Waals surface area contributed by atoms with Crippen LogP contribution in [0.5, 0.6) is 0 Å². The molecule has 1 aliphatic carbocycles. The van der Waals surface area contributed by atoms with Crippen molar-refractivity contribution in [1.82, 2.24) is 10.2 Å². The molecular weight excluding hydrogens is 378 g/mol. The molecule has 0 aliphatic heterocycles. The number of anilines is 1. The Balaban J connectivity index is 1.51. The number of aromatic amines is 1. The summed E-state index contributed by atoms with van der Waals surface area (Å²) in [5.74, 6) is -0.269. The lowest BCUT2D eigenvalue weighted by atomic mass is 9.90. The number of nitrogens with one attached hydrogen (secondary N) is 2. The summed E-state index contributed by atoms with van der Waals surface area (Å²) < 4.78 is 0. The molecule has 0 saturated heterocycles. The second kappa shape index (κ2) is 8.45. The number of carbonyl (C=O) groups excluding carboxylic acids is 2. The van der Waals surface area contributed by atoms with Gasteiger partial charge in [-0.15, -0.1) is 0 Å². The van der Waals surface area contributed by atoms with Gasteiger partial charge in [-0.05, 0) is 68.0 Å². The van der Waals surface area contributed by atoms with E-state index in [4.69, 9.17) is 0 Å². The van der Waals surface area contributed by atoms with Gasteiger partial charge in [0.1, 0.15) is 0 Å². The van der Waals surface area contributed by atoms with Gasteiger partial charge in [0, 0.05) is 28.8 Å². The summed E-state index contributed by atoms with van der Waals surface area (Å²) in [5.41, 5.74) is 5.51. The summed E-state index contributed by atoms with van der Waals surface area (Å²) in [6.45, 7) is 1.49. The number of H-pyrrole nitrogens is 1. The molecule has 0 bridgehead atoms. The predicted octanol–water partition coefficient (Wildman–Crippen LogP) is 3.69. The van der Waals surface area contributed by atoms with Crippen LogP contribution in [0.25, 0.3) is 0 Å². The number of hydrogen-bond acceptors (Lipinski definition) is 4. The molecule has 6 nitrogen and oxygen atoms in total. The lowest BCUT2D eigenvalue weighted by Crippen LogP contribution is -2.23. The predicted molar refractivity (Wildman–Crippen MR) is 115 cm³/mol. The zero-order valence-corrected chi connectivity index (χ0v) is 16.8. The Labute approximate surface area is 174 Å². The van der Waals surface area contributed by atoms with Gasteiger partial charge in [0.25, 0.3) is 11.5 Å². The van der Waals surface area contributed by atoms with Crippen molar-refractivity contribution in [2.24, 2.45) is 0 Å². The molecule has 0 fully saturated rings. The molecule has 152 valence electrons. The van der Waals surface area contributed by atoms with Crippen LogP contribution in [0.4, 0.5) is 5.69 Å². The Morgan fingerprint density at radius 2 is 1.70 bits per heavy atom. The lowest BCUT2D eigenvalue weighted by molar-refractivity contribution is 0.101. The van der Waals surface area contributed by atoms with Gasteiger partial charge in [-0.1, -0.05) is 24.3 Å². The second-order valence-electron chi connectivity index (χ2n) is 7.63. The smallest absolute Gasteiger partial charge is 0.267 e. The molecule has 6 heteroatoms. The van der Waals surface area contributed by atoms with E-state index in [2.05, 4.69) is 15.5 Å². The van der Waals surface area contributed by atoms with Gasteiger partial charge < -0.3 is 5.32 Å². The second-order valence-corrected chi connectivity index (χ2v) is 7.63. The van der Waals surface area contributed by atoms with Crippen LogP contribution in [0.15, 0.2) is 53.3 Å². The van der Waals surface area contributed by atoms with Crippen LogP contribution in [-0.2, 0) is 19.3 Å². The van der Waals surface area contributed by atoms with E-state index in [9.17, 15) is 14.4 Å². The van der Waals surface area contributed by atoms with E-state index in [1.807, 2.05) is 24.3 Å². The van der Waals surface area contributed by atoms with Gasteiger partial charge in [0.05, 0.1) is 5.69 Å². The number of carbonyl (C=O) groups is 2. The molecule has 4 rings (SSSR count). The summed E-state index contributed by atoms with van der Waals surface area (Å²) in [6, 6.07) is 14.2. The van der Waals surface area contributed by atoms with Crippen molar-refractivity contribution in [3.05, 3.63) is 92.4 Å². The highest BCUT2D eigenvalue weighted by Crippen LogP contribution is 2.23. The zero-order chi connectivity index (χ0) is 21.1. The third-order valence-electron chi connectivity index (χ3n) is 5.49. The fraction of sp³-hybridized carbons (Fsp3) is 0.250. The molecule has 1 amide bonds. The van der Waals surface area contributed by atoms with E-state index < -0.39 is 0 Å². The fourth-order valence-corrected chi connectivity index (χ4v) is 3.89. The molecule has 0 atom stereocenters. The molecule has 0 saturated carbocycles. The SMILES string of the molecule is CC(=O)c1ccc(C(=O)Nc2cccc(Cc3n[nH]c(=O)c4c3CCCC4)c2)cc1. The Hall–Kier alpha value is -3.54. The first-order valence-electron chi connectivity index (χ1n) is 10.1. The minimum Gasteiger partial charge on any atom is -0.322 e. The summed E-state index contributed by atoms with van der Waals surface area (Å²) in [5, 5.41) is 9.83. The maximum Gasteiger partial charge on any atom is 0.267 e. The van der Waals surface area contributed by atoms with Gasteiger partial charge in [-0.25, -0.2) is 5.10 Å². The number of nitrogens with zero attached hydrogens (tertiary/aromatic N) is 1. The minimum absolute atomic E-state index is 0.0345. The van der Waals surface area contributed by atoms with Crippen LogP contribution in [0.3, 0.4) is 0 Å². The molecule has 0 spiro atoms. The number of benzene rings is 2. The first-order valence-corrected chi connectivity index (χ1v) is 10.1. The Bertz CT molecular complexity index is 1160. The molecular formula is C24H23N3O3. The van der Waals surface area contributed by atoms with Crippen molar-refractivity contribution in [3.8, 4) is 0 Å². The summed E-state index contributed by atoms with van der Waals surface area (Å²) >= 11 is 0. The highest BCUT2D eigenvalue weighted by Gasteiger charge is 2.18. The van der Waals surface area contributed by atoms with Crippen molar-refractivity contribution < 1.29 is 9.59 Å². The number of fused-ring (bicyclic) bond motifs is 1. The van der Waals surface area contributed by atoms with Crippen LogP contribution < -0.4 is 10.9 Å². The van der Waals surface area contributed by atoms with E-state index in [0.717, 1.165) is 48.1 Å². The Morgan fingerprint density at radius 1 is 1.00 bits per heavy atom. The first kappa shape index (κ1) is 19.8. The topological polar surface area (TPSA) is 91.9 Å². The van der Waals surface area contributed by atoms with Gasteiger partial charge >= 0.3 is 0 Å². The highest BCUT2D eigenvalue weighted by molar-refractivity contribution is 6.05. The lowest BCUT2D eigenvalue weighted by Gasteiger charge is -2.17. The van der Waals surface area contributed by atoms with Gasteiger partial charge in [0.15, 0.2) is 5.78 Å². The van der Waals surface area contributed by atoms with Gasteiger partial charge in [-0.3, -0.25) is 14.4 Å². The molecule has 0 unspecified atom stereocenters. The van der Waals surface area contributed by atoms with E-state index in [1.165, 1.54) is 6.92 Å². The quantitative estimate of drug-likeness (QED) is 0.638. The first-order chi connectivity index (χ1) is 14.5. The monoisotopic (exact) mass is 401 g/mol. The number of ketones is 1. The largest absolute Gasteiger partial charge is 0.322 e.